The van der Waals surface area contributed by atoms with Crippen LogP contribution in [0, 0.1) is 14.0 Å². The summed E-state index contributed by atoms with van der Waals surface area (Å²) in [6.07, 6.45) is 1.15. The summed E-state index contributed by atoms with van der Waals surface area (Å²) in [5.41, 5.74) is 8.45. The fourth-order valence-electron chi connectivity index (χ4n) is 5.80. The molecule has 165 valence electrons. The van der Waals surface area contributed by atoms with Crippen molar-refractivity contribution in [3.05, 3.63) is 66.8 Å². The Morgan fingerprint density at radius 1 is 1.03 bits per heavy atom. The molecule has 2 heterocycles. The van der Waals surface area contributed by atoms with Crippen molar-refractivity contribution in [1.29, 1.82) is 0 Å². The normalized spacial score (nSPS) is 17.3. The Labute approximate surface area is 199 Å². The molecule has 2 aromatic heterocycles. The molecule has 0 saturated heterocycles. The van der Waals surface area contributed by atoms with Gasteiger partial charge in [0.05, 0.1) is 5.52 Å². The monoisotopic (exact) mass is 591 g/mol. The van der Waals surface area contributed by atoms with Gasteiger partial charge in [0.1, 0.15) is 11.2 Å². The van der Waals surface area contributed by atoms with Gasteiger partial charge in [-0.3, -0.25) is 4.40 Å². The van der Waals surface area contributed by atoms with Crippen molar-refractivity contribution in [1.82, 2.24) is 9.38 Å². The average molecular weight is 591 g/mol. The Bertz CT molecular complexity index is 1370. The first kappa shape index (κ1) is 22.2. The molecule has 2 aromatic carbocycles. The van der Waals surface area contributed by atoms with Gasteiger partial charge in [0.15, 0.2) is 5.82 Å². The maximum atomic E-state index is 5.14. The van der Waals surface area contributed by atoms with Crippen LogP contribution >= 0.6 is 0 Å². The van der Waals surface area contributed by atoms with Crippen LogP contribution in [0.5, 0.6) is 0 Å². The van der Waals surface area contributed by atoms with Crippen molar-refractivity contribution in [2.24, 2.45) is 0 Å². The zero-order valence-corrected chi connectivity index (χ0v) is 22.1. The van der Waals surface area contributed by atoms with Gasteiger partial charge >= 0.3 is 0 Å². The van der Waals surface area contributed by atoms with Gasteiger partial charge in [-0.2, -0.15) is 18.6 Å². The molecule has 0 bridgehead atoms. The Hall–Kier alpha value is -2.03. The third kappa shape index (κ3) is 2.95. The summed E-state index contributed by atoms with van der Waals surface area (Å²) in [6, 6.07) is 11.0. The molecular formula is C27H32IrN3-. The van der Waals surface area contributed by atoms with Crippen LogP contribution < -0.4 is 4.57 Å². The first-order valence-electron chi connectivity index (χ1n) is 10.8. The van der Waals surface area contributed by atoms with Crippen LogP contribution in [0.3, 0.4) is 0 Å². The third-order valence-electron chi connectivity index (χ3n) is 6.92. The Morgan fingerprint density at radius 3 is 2.26 bits per heavy atom. The molecule has 0 unspecified atom stereocenters. The Kier molecular flexibility index (Phi) is 4.65. The van der Waals surface area contributed by atoms with E-state index in [0.29, 0.717) is 0 Å². The fourth-order valence-corrected chi connectivity index (χ4v) is 5.80. The van der Waals surface area contributed by atoms with Crippen molar-refractivity contribution in [2.45, 2.75) is 71.1 Å². The minimum Gasteiger partial charge on any atom is -0.372 e. The second-order valence-corrected chi connectivity index (χ2v) is 11.4. The SMILES string of the molecule is [CH2-]c1cccc2nc(C(C)(C)C)n3c4cc5c(cc4[n+]([CH2-])c3c12)C(C)(C)CC5(C)C.[Ir]. The predicted molar refractivity (Wildman–Crippen MR) is 125 cm³/mol. The largest absolute Gasteiger partial charge is 0.372 e. The van der Waals surface area contributed by atoms with Crippen molar-refractivity contribution >= 4 is 27.6 Å². The summed E-state index contributed by atoms with van der Waals surface area (Å²) < 4.78 is 4.44. The zero-order valence-electron chi connectivity index (χ0n) is 19.7. The van der Waals surface area contributed by atoms with Gasteiger partial charge in [-0.25, -0.2) is 4.98 Å². The van der Waals surface area contributed by atoms with E-state index in [9.17, 15) is 0 Å². The minimum absolute atomic E-state index is 0. The molecule has 5 rings (SSSR count). The first-order chi connectivity index (χ1) is 13.8. The van der Waals surface area contributed by atoms with E-state index in [2.05, 4.69) is 95.7 Å². The van der Waals surface area contributed by atoms with Gasteiger partial charge in [0.2, 0.25) is 0 Å². The van der Waals surface area contributed by atoms with Gasteiger partial charge in [-0.1, -0.05) is 66.0 Å². The number of hydrogen-bond acceptors (Lipinski definition) is 1. The van der Waals surface area contributed by atoms with Gasteiger partial charge in [0, 0.05) is 31.0 Å². The molecule has 4 aromatic rings. The quantitative estimate of drug-likeness (QED) is 0.182. The van der Waals surface area contributed by atoms with Crippen molar-refractivity contribution in [3.8, 4) is 0 Å². The summed E-state index contributed by atoms with van der Waals surface area (Å²) in [4.78, 5) is 5.14. The third-order valence-corrected chi connectivity index (χ3v) is 6.92. The summed E-state index contributed by atoms with van der Waals surface area (Å²) in [5.74, 6) is 1.05. The number of fused-ring (bicyclic) bond motifs is 6. The van der Waals surface area contributed by atoms with Crippen LogP contribution in [0.15, 0.2) is 30.3 Å². The Morgan fingerprint density at radius 2 is 1.65 bits per heavy atom. The molecule has 1 aliphatic carbocycles. The van der Waals surface area contributed by atoms with Gasteiger partial charge in [-0.15, -0.1) is 6.07 Å². The summed E-state index contributed by atoms with van der Waals surface area (Å²) in [5, 5.41) is 1.08. The standard InChI is InChI=1S/C27H32N3.Ir/c1-16-11-10-12-19-22(16)23-29(9)20-13-17-18(27(7,8)15-26(17,5)6)14-21(20)30(23)24(28-19)25(2,3)4;/h10-14H,1,9,15H2,2-8H3;/q-1;. The number of rotatable bonds is 0. The topological polar surface area (TPSA) is 21.2 Å². The van der Waals surface area contributed by atoms with E-state index in [-0.39, 0.29) is 36.4 Å². The molecular weight excluding hydrogens is 559 g/mol. The fraction of sp³-hybridized carbons (Fsp3) is 0.407. The molecule has 3 nitrogen and oxygen atoms in total. The van der Waals surface area contributed by atoms with E-state index in [1.54, 1.807) is 0 Å². The minimum atomic E-state index is -0.115. The summed E-state index contributed by atoms with van der Waals surface area (Å²) >= 11 is 0. The van der Waals surface area contributed by atoms with E-state index >= 15 is 0 Å². The van der Waals surface area contributed by atoms with Crippen LogP contribution in [0.1, 0.15) is 77.4 Å². The molecule has 1 aliphatic rings. The molecule has 1 radical (unpaired) electrons. The van der Waals surface area contributed by atoms with Gasteiger partial charge < -0.3 is 4.57 Å². The number of benzene rings is 2. The zero-order chi connectivity index (χ0) is 21.8. The first-order valence-corrected chi connectivity index (χ1v) is 10.8. The number of aromatic nitrogens is 3. The van der Waals surface area contributed by atoms with E-state index in [1.807, 2.05) is 6.07 Å². The smallest absolute Gasteiger partial charge is 0.193 e. The van der Waals surface area contributed by atoms with Gasteiger partial charge in [-0.05, 0) is 41.5 Å². The maximum absolute atomic E-state index is 5.14. The van der Waals surface area contributed by atoms with Crippen LogP contribution in [0.25, 0.3) is 27.6 Å². The molecule has 31 heavy (non-hydrogen) atoms. The number of hydrogen-bond donors (Lipinski definition) is 0. The van der Waals surface area contributed by atoms with E-state index in [4.69, 9.17) is 4.98 Å². The number of nitrogens with zero attached hydrogens (tertiary/aromatic N) is 3. The molecule has 0 saturated carbocycles. The van der Waals surface area contributed by atoms with Crippen LogP contribution in [-0.2, 0) is 36.4 Å². The molecule has 4 heteroatoms. The van der Waals surface area contributed by atoms with Crippen LogP contribution in [-0.4, -0.2) is 9.38 Å². The summed E-state index contributed by atoms with van der Waals surface area (Å²) in [7, 11) is 4.50. The van der Waals surface area contributed by atoms with E-state index < -0.39 is 0 Å². The van der Waals surface area contributed by atoms with E-state index in [1.165, 1.54) is 16.6 Å². The molecule has 0 N–H and O–H groups in total. The molecule has 0 atom stereocenters. The number of imidazole rings is 1. The predicted octanol–water partition coefficient (Wildman–Crippen LogP) is 6.00. The average Bonchev–Trinajstić information content (AvgIpc) is 3.00. The molecule has 0 fully saturated rings. The van der Waals surface area contributed by atoms with Crippen molar-refractivity contribution in [3.63, 3.8) is 0 Å². The summed E-state index contributed by atoms with van der Waals surface area (Å²) in [6.45, 7) is 20.5. The van der Waals surface area contributed by atoms with Crippen molar-refractivity contribution in [2.75, 3.05) is 0 Å². The van der Waals surface area contributed by atoms with Crippen LogP contribution in [0.4, 0.5) is 0 Å². The van der Waals surface area contributed by atoms with Crippen molar-refractivity contribution < 1.29 is 24.7 Å². The second-order valence-electron chi connectivity index (χ2n) is 11.4. The van der Waals surface area contributed by atoms with Crippen LogP contribution in [0.2, 0.25) is 0 Å². The maximum Gasteiger partial charge on any atom is 0.193 e. The van der Waals surface area contributed by atoms with Gasteiger partial charge in [0.25, 0.3) is 0 Å². The van der Waals surface area contributed by atoms with E-state index in [0.717, 1.165) is 39.9 Å². The molecule has 0 spiro atoms. The Balaban J connectivity index is 0.00000231. The second kappa shape index (κ2) is 6.49. The molecule has 0 amide bonds. The molecule has 0 aliphatic heterocycles.